The number of hydrogen-bond donors (Lipinski definition) is 2. The molecule has 0 rings (SSSR count). The quantitative estimate of drug-likeness (QED) is 0.363. The van der Waals surface area contributed by atoms with Crippen LogP contribution in [-0.2, 0) is 0 Å². The Kier molecular flexibility index (Phi) is 13.8. The van der Waals surface area contributed by atoms with Crippen molar-refractivity contribution in [3.8, 4) is 0 Å². The van der Waals surface area contributed by atoms with Crippen molar-refractivity contribution in [2.24, 2.45) is 0 Å². The molecule has 0 aliphatic rings. The first-order valence-corrected chi connectivity index (χ1v) is 7.42. The summed E-state index contributed by atoms with van der Waals surface area (Å²) in [6.45, 7) is 2.63. The highest BCUT2D eigenvalue weighted by Gasteiger charge is 1.95. The van der Waals surface area contributed by atoms with Gasteiger partial charge in [-0.25, -0.2) is 0 Å². The Morgan fingerprint density at radius 3 is 1.29 bits per heavy atom. The lowest BCUT2D eigenvalue weighted by molar-refractivity contribution is -0.306. The molecule has 0 aromatic rings. The predicted molar refractivity (Wildman–Crippen MR) is 71.4 cm³/mol. The highest BCUT2D eigenvalue weighted by atomic mass is 16.8. The van der Waals surface area contributed by atoms with E-state index >= 15 is 0 Å². The number of rotatable bonds is 13. The van der Waals surface area contributed by atoms with Crippen molar-refractivity contribution < 1.29 is 10.4 Å². The number of hydrogen-bond acceptors (Lipinski definition) is 3. The van der Waals surface area contributed by atoms with Gasteiger partial charge >= 0.3 is 0 Å². The van der Waals surface area contributed by atoms with E-state index in [9.17, 15) is 0 Å². The van der Waals surface area contributed by atoms with E-state index in [0.29, 0.717) is 6.54 Å². The first-order valence-electron chi connectivity index (χ1n) is 7.42. The van der Waals surface area contributed by atoms with Crippen molar-refractivity contribution in [2.75, 3.05) is 6.54 Å². The smallest absolute Gasteiger partial charge is 0.0512 e. The van der Waals surface area contributed by atoms with Crippen LogP contribution in [0.4, 0.5) is 0 Å². The zero-order chi connectivity index (χ0) is 12.8. The van der Waals surface area contributed by atoms with E-state index in [1.54, 1.807) is 0 Å². The van der Waals surface area contributed by atoms with Crippen LogP contribution in [0.1, 0.15) is 84.0 Å². The Morgan fingerprint density at radius 2 is 0.941 bits per heavy atom. The van der Waals surface area contributed by atoms with Crippen LogP contribution in [0.2, 0.25) is 0 Å². The summed E-state index contributed by atoms with van der Waals surface area (Å²) < 4.78 is 0. The van der Waals surface area contributed by atoms with Crippen LogP contribution in [0.15, 0.2) is 0 Å². The van der Waals surface area contributed by atoms with Crippen LogP contribution in [-0.4, -0.2) is 22.2 Å². The number of hydroxylamine groups is 2. The van der Waals surface area contributed by atoms with Gasteiger partial charge < -0.3 is 0 Å². The van der Waals surface area contributed by atoms with Crippen molar-refractivity contribution in [1.29, 1.82) is 0 Å². The van der Waals surface area contributed by atoms with E-state index in [-0.39, 0.29) is 5.23 Å². The molecule has 0 aromatic heterocycles. The molecule has 0 aliphatic heterocycles. The summed E-state index contributed by atoms with van der Waals surface area (Å²) in [5.74, 6) is 0. The normalized spacial score (nSPS) is 11.3. The molecule has 0 fully saturated rings. The summed E-state index contributed by atoms with van der Waals surface area (Å²) in [5.41, 5.74) is 0. The van der Waals surface area contributed by atoms with Crippen molar-refractivity contribution in [1.82, 2.24) is 5.23 Å². The molecule has 0 bridgehead atoms. The molecule has 0 aliphatic carbocycles. The molecule has 0 spiro atoms. The molecule has 0 heterocycles. The molecule has 0 atom stereocenters. The van der Waals surface area contributed by atoms with Gasteiger partial charge in [0.2, 0.25) is 0 Å². The van der Waals surface area contributed by atoms with Crippen molar-refractivity contribution >= 4 is 0 Å². The lowest BCUT2D eigenvalue weighted by atomic mass is 10.1. The second-order valence-corrected chi connectivity index (χ2v) is 4.98. The standard InChI is InChI=1S/C14H31NO2/c1-2-3-4-5-6-7-8-9-10-11-12-13-14-15(16)17/h16-17H,2-14H2,1H3. The third-order valence-electron chi connectivity index (χ3n) is 3.21. The van der Waals surface area contributed by atoms with Crippen LogP contribution in [0.5, 0.6) is 0 Å². The first-order chi connectivity index (χ1) is 8.27. The van der Waals surface area contributed by atoms with Crippen LogP contribution in [0.25, 0.3) is 0 Å². The van der Waals surface area contributed by atoms with Crippen LogP contribution >= 0.6 is 0 Å². The molecule has 0 radical (unpaired) electrons. The molecule has 0 unspecified atom stereocenters. The van der Waals surface area contributed by atoms with E-state index in [4.69, 9.17) is 10.4 Å². The Labute approximate surface area is 107 Å². The average Bonchev–Trinajstić information content (AvgIpc) is 2.30. The Hall–Kier alpha value is -0.120. The number of unbranched alkanes of at least 4 members (excludes halogenated alkanes) is 11. The Bertz CT molecular complexity index is 140. The Morgan fingerprint density at radius 1 is 0.588 bits per heavy atom. The maximum Gasteiger partial charge on any atom is 0.0512 e. The molecule has 104 valence electrons. The van der Waals surface area contributed by atoms with E-state index in [0.717, 1.165) is 12.8 Å². The summed E-state index contributed by atoms with van der Waals surface area (Å²) in [6.07, 6.45) is 15.6. The minimum atomic E-state index is 0.288. The van der Waals surface area contributed by atoms with Gasteiger partial charge in [0.15, 0.2) is 0 Å². The third-order valence-corrected chi connectivity index (χ3v) is 3.21. The van der Waals surface area contributed by atoms with E-state index in [1.807, 2.05) is 0 Å². The molecule has 0 saturated carbocycles. The highest BCUT2D eigenvalue weighted by molar-refractivity contribution is 4.48. The lowest BCUT2D eigenvalue weighted by Gasteiger charge is -2.05. The molecule has 3 heteroatoms. The molecule has 0 aromatic carbocycles. The SMILES string of the molecule is CCCCCCCCCCCCCCN(O)O. The molecule has 0 amide bonds. The fraction of sp³-hybridized carbons (Fsp3) is 1.00. The predicted octanol–water partition coefficient (Wildman–Crippen LogP) is 4.77. The largest absolute Gasteiger partial charge is 0.290 e. The van der Waals surface area contributed by atoms with Crippen LogP contribution in [0.3, 0.4) is 0 Å². The van der Waals surface area contributed by atoms with Crippen LogP contribution < -0.4 is 0 Å². The van der Waals surface area contributed by atoms with Crippen molar-refractivity contribution in [3.63, 3.8) is 0 Å². The lowest BCUT2D eigenvalue weighted by Crippen LogP contribution is -2.14. The van der Waals surface area contributed by atoms with Crippen LogP contribution in [0, 0.1) is 0 Å². The maximum atomic E-state index is 8.50. The first kappa shape index (κ1) is 16.9. The third kappa shape index (κ3) is 15.9. The molecule has 0 saturated heterocycles. The van der Waals surface area contributed by atoms with E-state index in [1.165, 1.54) is 64.2 Å². The average molecular weight is 245 g/mol. The zero-order valence-electron chi connectivity index (χ0n) is 11.5. The monoisotopic (exact) mass is 245 g/mol. The topological polar surface area (TPSA) is 43.7 Å². The summed E-state index contributed by atoms with van der Waals surface area (Å²) in [4.78, 5) is 0. The molecular formula is C14H31NO2. The van der Waals surface area contributed by atoms with Gasteiger partial charge in [0, 0.05) is 0 Å². The van der Waals surface area contributed by atoms with Crippen molar-refractivity contribution in [2.45, 2.75) is 84.0 Å². The number of nitrogens with zero attached hydrogens (tertiary/aromatic N) is 1. The fourth-order valence-electron chi connectivity index (χ4n) is 2.09. The highest BCUT2D eigenvalue weighted by Crippen LogP contribution is 2.11. The van der Waals surface area contributed by atoms with Gasteiger partial charge in [0.1, 0.15) is 0 Å². The fourth-order valence-corrected chi connectivity index (χ4v) is 2.09. The Balaban J connectivity index is 2.89. The summed E-state index contributed by atoms with van der Waals surface area (Å²) in [6, 6.07) is 0. The van der Waals surface area contributed by atoms with E-state index in [2.05, 4.69) is 6.92 Å². The molecular weight excluding hydrogens is 214 g/mol. The van der Waals surface area contributed by atoms with Gasteiger partial charge in [-0.05, 0) is 6.42 Å². The maximum absolute atomic E-state index is 8.50. The van der Waals surface area contributed by atoms with Gasteiger partial charge in [0.25, 0.3) is 0 Å². The molecule has 17 heavy (non-hydrogen) atoms. The second kappa shape index (κ2) is 13.9. The zero-order valence-corrected chi connectivity index (χ0v) is 11.5. The summed E-state index contributed by atoms with van der Waals surface area (Å²) in [5, 5.41) is 17.3. The minimum Gasteiger partial charge on any atom is -0.290 e. The van der Waals surface area contributed by atoms with Gasteiger partial charge in [0.05, 0.1) is 6.54 Å². The summed E-state index contributed by atoms with van der Waals surface area (Å²) >= 11 is 0. The minimum absolute atomic E-state index is 0.288. The molecule has 3 nitrogen and oxygen atoms in total. The molecule has 2 N–H and O–H groups in total. The second-order valence-electron chi connectivity index (χ2n) is 4.98. The van der Waals surface area contributed by atoms with E-state index < -0.39 is 0 Å². The van der Waals surface area contributed by atoms with Gasteiger partial charge in [-0.2, -0.15) is 0 Å². The van der Waals surface area contributed by atoms with Gasteiger partial charge in [-0.3, -0.25) is 10.4 Å². The van der Waals surface area contributed by atoms with Gasteiger partial charge in [-0.15, -0.1) is 0 Å². The van der Waals surface area contributed by atoms with Crippen molar-refractivity contribution in [3.05, 3.63) is 0 Å². The summed E-state index contributed by atoms with van der Waals surface area (Å²) in [7, 11) is 0. The van der Waals surface area contributed by atoms with Gasteiger partial charge in [-0.1, -0.05) is 82.8 Å².